The highest BCUT2D eigenvalue weighted by Crippen LogP contribution is 2.46. The van der Waals surface area contributed by atoms with E-state index < -0.39 is 17.7 Å². The fourth-order valence-corrected chi connectivity index (χ4v) is 5.19. The summed E-state index contributed by atoms with van der Waals surface area (Å²) >= 11 is 0. The van der Waals surface area contributed by atoms with Crippen molar-refractivity contribution in [3.05, 3.63) is 119 Å². The molecule has 3 aromatic carbocycles. The van der Waals surface area contributed by atoms with Crippen LogP contribution in [-0.4, -0.2) is 48.0 Å². The largest absolute Gasteiger partial charge is 0.507 e. The van der Waals surface area contributed by atoms with E-state index in [1.54, 1.807) is 48.8 Å². The molecule has 4 aromatic rings. The van der Waals surface area contributed by atoms with Crippen LogP contribution in [0.25, 0.3) is 5.76 Å². The van der Waals surface area contributed by atoms with Crippen LogP contribution in [0.2, 0.25) is 0 Å². The highest BCUT2D eigenvalue weighted by atomic mass is 16.5. The fourth-order valence-electron chi connectivity index (χ4n) is 5.19. The van der Waals surface area contributed by atoms with E-state index in [9.17, 15) is 14.7 Å². The number of amides is 1. The Morgan fingerprint density at radius 2 is 1.56 bits per heavy atom. The van der Waals surface area contributed by atoms with Gasteiger partial charge in [-0.3, -0.25) is 14.6 Å². The van der Waals surface area contributed by atoms with Crippen LogP contribution in [0.1, 0.15) is 33.9 Å². The van der Waals surface area contributed by atoms with E-state index in [2.05, 4.69) is 4.98 Å². The molecule has 220 valence electrons. The number of pyridine rings is 1. The molecule has 0 spiro atoms. The quantitative estimate of drug-likeness (QED) is 0.146. The second-order valence-electron chi connectivity index (χ2n) is 10.0. The number of carbonyl (C=O) groups is 2. The predicted molar refractivity (Wildman–Crippen MR) is 160 cm³/mol. The van der Waals surface area contributed by atoms with Crippen molar-refractivity contribution in [3.8, 4) is 23.0 Å². The Bertz CT molecular complexity index is 1640. The molecular weight excluding hydrogens is 548 g/mol. The van der Waals surface area contributed by atoms with E-state index in [0.29, 0.717) is 40.7 Å². The topological polar surface area (TPSA) is 107 Å². The van der Waals surface area contributed by atoms with E-state index in [1.165, 1.54) is 26.2 Å². The van der Waals surface area contributed by atoms with Gasteiger partial charge in [-0.15, -0.1) is 0 Å². The monoisotopic (exact) mass is 580 g/mol. The third kappa shape index (κ3) is 5.88. The molecule has 0 radical (unpaired) electrons. The van der Waals surface area contributed by atoms with Crippen LogP contribution in [0, 0.1) is 6.92 Å². The van der Waals surface area contributed by atoms with Crippen molar-refractivity contribution in [3.63, 3.8) is 0 Å². The number of Topliss-reactive ketones (excluding diaryl/α,β-unsaturated/α-hetero) is 1. The first-order valence-corrected chi connectivity index (χ1v) is 13.6. The maximum absolute atomic E-state index is 13.6. The summed E-state index contributed by atoms with van der Waals surface area (Å²) in [6.45, 7) is 2.32. The van der Waals surface area contributed by atoms with Crippen molar-refractivity contribution in [2.75, 3.05) is 21.3 Å². The van der Waals surface area contributed by atoms with Crippen molar-refractivity contribution < 1.29 is 33.6 Å². The maximum atomic E-state index is 13.6. The number of methoxy groups -OCH3 is 3. The average Bonchev–Trinajstić information content (AvgIpc) is 3.28. The summed E-state index contributed by atoms with van der Waals surface area (Å²) in [6.07, 6.45) is 3.26. The molecule has 0 aliphatic carbocycles. The third-order valence-electron chi connectivity index (χ3n) is 7.30. The lowest BCUT2D eigenvalue weighted by molar-refractivity contribution is -0.140. The number of nitrogens with zero attached hydrogens (tertiary/aromatic N) is 2. The SMILES string of the molecule is COc1cc([C@H]2/C(=C(\O)c3ccc(OCc4ccccc4)c(C)c3)C(=O)C(=O)N2Cc2cccnc2)cc(OC)c1OC. The van der Waals surface area contributed by atoms with Crippen LogP contribution in [0.4, 0.5) is 0 Å². The van der Waals surface area contributed by atoms with Gasteiger partial charge in [0, 0.05) is 24.5 Å². The van der Waals surface area contributed by atoms with Gasteiger partial charge < -0.3 is 29.0 Å². The Balaban J connectivity index is 1.59. The molecule has 0 bridgehead atoms. The number of aryl methyl sites for hydroxylation is 1. The first-order chi connectivity index (χ1) is 20.9. The lowest BCUT2D eigenvalue weighted by Crippen LogP contribution is -2.29. The highest BCUT2D eigenvalue weighted by molar-refractivity contribution is 6.46. The lowest BCUT2D eigenvalue weighted by atomic mass is 9.94. The predicted octanol–water partition coefficient (Wildman–Crippen LogP) is 5.62. The van der Waals surface area contributed by atoms with E-state index in [0.717, 1.165) is 16.7 Å². The van der Waals surface area contributed by atoms with Crippen LogP contribution in [0.3, 0.4) is 0 Å². The molecule has 43 heavy (non-hydrogen) atoms. The van der Waals surface area contributed by atoms with Crippen LogP contribution < -0.4 is 18.9 Å². The maximum Gasteiger partial charge on any atom is 0.295 e. The zero-order chi connectivity index (χ0) is 30.5. The van der Waals surface area contributed by atoms with E-state index >= 15 is 0 Å². The van der Waals surface area contributed by atoms with Gasteiger partial charge in [0.2, 0.25) is 5.75 Å². The Labute approximate surface area is 249 Å². The van der Waals surface area contributed by atoms with Gasteiger partial charge in [-0.2, -0.15) is 0 Å². The number of aromatic nitrogens is 1. The smallest absolute Gasteiger partial charge is 0.295 e. The van der Waals surface area contributed by atoms with Crippen molar-refractivity contribution in [1.82, 2.24) is 9.88 Å². The summed E-state index contributed by atoms with van der Waals surface area (Å²) < 4.78 is 22.6. The van der Waals surface area contributed by atoms with Gasteiger partial charge in [-0.1, -0.05) is 36.4 Å². The molecule has 1 fully saturated rings. The number of benzene rings is 3. The molecule has 1 aliphatic heterocycles. The molecule has 2 heterocycles. The summed E-state index contributed by atoms with van der Waals surface area (Å²) in [7, 11) is 4.46. The molecule has 1 atom stereocenters. The molecule has 0 saturated carbocycles. The zero-order valence-corrected chi connectivity index (χ0v) is 24.4. The third-order valence-corrected chi connectivity index (χ3v) is 7.30. The summed E-state index contributed by atoms with van der Waals surface area (Å²) in [4.78, 5) is 32.7. The number of carbonyl (C=O) groups excluding carboxylic acids is 2. The second-order valence-corrected chi connectivity index (χ2v) is 10.0. The minimum absolute atomic E-state index is 0.0551. The molecule has 1 N–H and O–H groups in total. The minimum atomic E-state index is -0.955. The average molecular weight is 581 g/mol. The van der Waals surface area contributed by atoms with Gasteiger partial charge in [0.25, 0.3) is 11.7 Å². The Kier molecular flexibility index (Phi) is 8.61. The molecular formula is C34H32N2O7. The normalized spacial score (nSPS) is 15.8. The Morgan fingerprint density at radius 3 is 2.16 bits per heavy atom. The van der Waals surface area contributed by atoms with Gasteiger partial charge in [-0.25, -0.2) is 0 Å². The number of likely N-dealkylation sites (tertiary alicyclic amines) is 1. The van der Waals surface area contributed by atoms with Gasteiger partial charge in [0.15, 0.2) is 11.5 Å². The van der Waals surface area contributed by atoms with Crippen molar-refractivity contribution in [1.29, 1.82) is 0 Å². The number of ether oxygens (including phenoxy) is 4. The van der Waals surface area contributed by atoms with Gasteiger partial charge >= 0.3 is 0 Å². The van der Waals surface area contributed by atoms with E-state index in [1.807, 2.05) is 43.3 Å². The highest BCUT2D eigenvalue weighted by Gasteiger charge is 2.46. The molecule has 1 aromatic heterocycles. The minimum Gasteiger partial charge on any atom is -0.507 e. The summed E-state index contributed by atoms with van der Waals surface area (Å²) in [6, 6.07) is 20.9. The molecule has 0 unspecified atom stereocenters. The van der Waals surface area contributed by atoms with E-state index in [-0.39, 0.29) is 17.9 Å². The standard InChI is InChI=1S/C34H32N2O7/c1-21-15-24(12-13-26(21)43-20-22-9-6-5-7-10-22)31(37)29-30(25-16-27(40-2)33(42-4)28(17-25)41-3)36(34(39)32(29)38)19-23-11-8-14-35-18-23/h5-18,30,37H,19-20H2,1-4H3/b31-29+/t30-/m0/s1. The van der Waals surface area contributed by atoms with Crippen LogP contribution in [0.5, 0.6) is 23.0 Å². The van der Waals surface area contributed by atoms with Crippen LogP contribution in [0.15, 0.2) is 90.8 Å². The van der Waals surface area contributed by atoms with Gasteiger partial charge in [0.1, 0.15) is 18.1 Å². The van der Waals surface area contributed by atoms with Crippen molar-refractivity contribution >= 4 is 17.4 Å². The number of hydrogen-bond acceptors (Lipinski definition) is 8. The van der Waals surface area contributed by atoms with E-state index in [4.69, 9.17) is 18.9 Å². The number of hydrogen-bond donors (Lipinski definition) is 1. The van der Waals surface area contributed by atoms with Crippen molar-refractivity contribution in [2.45, 2.75) is 26.1 Å². The lowest BCUT2D eigenvalue weighted by Gasteiger charge is -2.26. The summed E-state index contributed by atoms with van der Waals surface area (Å²) in [5, 5.41) is 11.6. The Morgan fingerprint density at radius 1 is 0.860 bits per heavy atom. The van der Waals surface area contributed by atoms with Gasteiger partial charge in [-0.05, 0) is 65.6 Å². The Hall–Kier alpha value is -5.31. The number of ketones is 1. The summed E-state index contributed by atoms with van der Waals surface area (Å²) in [5.74, 6) is -0.160. The summed E-state index contributed by atoms with van der Waals surface area (Å²) in [5.41, 5.74) is 3.32. The van der Waals surface area contributed by atoms with Crippen LogP contribution in [-0.2, 0) is 22.7 Å². The van der Waals surface area contributed by atoms with Crippen molar-refractivity contribution in [2.24, 2.45) is 0 Å². The van der Waals surface area contributed by atoms with Gasteiger partial charge in [0.05, 0.1) is 32.9 Å². The molecule has 1 aliphatic rings. The molecule has 5 rings (SSSR count). The number of rotatable bonds is 10. The first kappa shape index (κ1) is 29.2. The number of aliphatic hydroxyl groups excluding tert-OH is 1. The molecule has 1 saturated heterocycles. The number of aliphatic hydroxyl groups is 1. The fraction of sp³-hybridized carbons (Fsp3) is 0.206. The molecule has 1 amide bonds. The molecule has 9 heteroatoms. The van der Waals surface area contributed by atoms with Crippen LogP contribution >= 0.6 is 0 Å². The molecule has 9 nitrogen and oxygen atoms in total. The second kappa shape index (κ2) is 12.7. The zero-order valence-electron chi connectivity index (χ0n) is 24.4. The first-order valence-electron chi connectivity index (χ1n) is 13.6.